The van der Waals surface area contributed by atoms with Crippen molar-refractivity contribution in [3.63, 3.8) is 0 Å². The van der Waals surface area contributed by atoms with Crippen LogP contribution in [0.1, 0.15) is 56.0 Å². The monoisotopic (exact) mass is 488 g/mol. The minimum absolute atomic E-state index is 0.0757. The second-order valence-electron chi connectivity index (χ2n) is 10.2. The van der Waals surface area contributed by atoms with E-state index in [1.54, 1.807) is 27.7 Å². The molecule has 2 aromatic rings. The van der Waals surface area contributed by atoms with Gasteiger partial charge in [-0.3, -0.25) is 0 Å². The summed E-state index contributed by atoms with van der Waals surface area (Å²) in [6, 6.07) is 9.31. The molecular formula is C27H37FN2O5. The zero-order chi connectivity index (χ0) is 25.8. The number of ether oxygens (including phenoxy) is 2. The molecule has 0 aromatic heterocycles. The van der Waals surface area contributed by atoms with E-state index in [1.165, 1.54) is 12.1 Å². The molecule has 8 heteroatoms. The van der Waals surface area contributed by atoms with Gasteiger partial charge in [0, 0.05) is 12.1 Å². The highest BCUT2D eigenvalue weighted by molar-refractivity contribution is 5.68. The van der Waals surface area contributed by atoms with Crippen LogP contribution in [0, 0.1) is 12.7 Å². The molecule has 0 saturated heterocycles. The Kier molecular flexibility index (Phi) is 8.74. The minimum atomic E-state index is -1.04. The van der Waals surface area contributed by atoms with Crippen LogP contribution in [-0.4, -0.2) is 53.3 Å². The molecule has 35 heavy (non-hydrogen) atoms. The maximum Gasteiger partial charge on any atom is 0.407 e. The van der Waals surface area contributed by atoms with Crippen LogP contribution in [0.5, 0.6) is 5.75 Å². The predicted octanol–water partition coefficient (Wildman–Crippen LogP) is 3.58. The van der Waals surface area contributed by atoms with Crippen LogP contribution in [0.25, 0.3) is 0 Å². The lowest BCUT2D eigenvalue weighted by Gasteiger charge is -2.33. The van der Waals surface area contributed by atoms with E-state index in [4.69, 9.17) is 9.47 Å². The van der Waals surface area contributed by atoms with E-state index in [0.717, 1.165) is 23.1 Å². The second-order valence-corrected chi connectivity index (χ2v) is 10.2. The van der Waals surface area contributed by atoms with Crippen molar-refractivity contribution in [2.24, 2.45) is 0 Å². The smallest absolute Gasteiger partial charge is 0.407 e. The number of fused-ring (bicyclic) bond motifs is 1. The van der Waals surface area contributed by atoms with Crippen LogP contribution >= 0.6 is 0 Å². The van der Waals surface area contributed by atoms with Gasteiger partial charge in [0.25, 0.3) is 0 Å². The number of halogens is 1. The van der Waals surface area contributed by atoms with Gasteiger partial charge in [0.05, 0.1) is 18.2 Å². The third kappa shape index (κ3) is 7.65. The fourth-order valence-electron chi connectivity index (χ4n) is 4.23. The summed E-state index contributed by atoms with van der Waals surface area (Å²) < 4.78 is 25.0. The fraction of sp³-hybridized carbons (Fsp3) is 0.519. The predicted molar refractivity (Wildman–Crippen MR) is 132 cm³/mol. The molecule has 3 rings (SSSR count). The summed E-state index contributed by atoms with van der Waals surface area (Å²) in [6.45, 7) is 9.31. The number of nitrogens with one attached hydrogen (secondary N) is 2. The number of benzene rings is 2. The van der Waals surface area contributed by atoms with Gasteiger partial charge >= 0.3 is 6.09 Å². The van der Waals surface area contributed by atoms with Gasteiger partial charge in [0.15, 0.2) is 0 Å². The van der Waals surface area contributed by atoms with Crippen LogP contribution in [-0.2, 0) is 17.6 Å². The quantitative estimate of drug-likeness (QED) is 0.453. The van der Waals surface area contributed by atoms with Gasteiger partial charge in [-0.1, -0.05) is 25.1 Å². The summed E-state index contributed by atoms with van der Waals surface area (Å²) in [7, 11) is 0. The first-order chi connectivity index (χ1) is 16.4. The highest BCUT2D eigenvalue weighted by atomic mass is 19.1. The third-order valence-corrected chi connectivity index (χ3v) is 5.88. The molecule has 0 spiro atoms. The summed E-state index contributed by atoms with van der Waals surface area (Å²) in [6.07, 6.45) is -1.47. The number of aliphatic hydroxyl groups is 2. The average molecular weight is 489 g/mol. The number of carbonyl (C=O) groups excluding carboxylic acids is 1. The molecule has 0 bridgehead atoms. The van der Waals surface area contributed by atoms with Crippen molar-refractivity contribution < 1.29 is 28.9 Å². The van der Waals surface area contributed by atoms with Gasteiger partial charge in [0.1, 0.15) is 29.9 Å². The number of hydrogen-bond donors (Lipinski definition) is 4. The van der Waals surface area contributed by atoms with Crippen molar-refractivity contribution in [3.05, 3.63) is 64.5 Å². The first-order valence-corrected chi connectivity index (χ1v) is 12.1. The van der Waals surface area contributed by atoms with Crippen molar-refractivity contribution >= 4 is 6.09 Å². The lowest BCUT2D eigenvalue weighted by molar-refractivity contribution is 0.0351. The summed E-state index contributed by atoms with van der Waals surface area (Å²) in [4.78, 5) is 12.5. The first kappa shape index (κ1) is 26.9. The zero-order valence-corrected chi connectivity index (χ0v) is 21.1. The third-order valence-electron chi connectivity index (χ3n) is 5.88. The summed E-state index contributed by atoms with van der Waals surface area (Å²) in [5, 5.41) is 27.7. The molecular weight excluding hydrogens is 451 g/mol. The van der Waals surface area contributed by atoms with Gasteiger partial charge < -0.3 is 30.3 Å². The van der Waals surface area contributed by atoms with E-state index in [9.17, 15) is 19.4 Å². The van der Waals surface area contributed by atoms with Crippen LogP contribution in [0.3, 0.4) is 0 Å². The molecule has 4 atom stereocenters. The lowest BCUT2D eigenvalue weighted by atomic mass is 9.94. The van der Waals surface area contributed by atoms with Crippen molar-refractivity contribution in [2.75, 3.05) is 13.2 Å². The number of hydrogen-bond acceptors (Lipinski definition) is 6. The van der Waals surface area contributed by atoms with E-state index >= 15 is 0 Å². The van der Waals surface area contributed by atoms with E-state index in [0.29, 0.717) is 11.3 Å². The highest BCUT2D eigenvalue weighted by Gasteiger charge is 2.32. The molecule has 1 heterocycles. The fourth-order valence-corrected chi connectivity index (χ4v) is 4.23. The zero-order valence-electron chi connectivity index (χ0n) is 21.1. The van der Waals surface area contributed by atoms with E-state index in [-0.39, 0.29) is 25.4 Å². The number of aryl methyl sites for hydroxylation is 2. The number of alkyl carbamates (subject to hydrolysis) is 1. The molecule has 0 saturated carbocycles. The highest BCUT2D eigenvalue weighted by Crippen LogP contribution is 2.33. The van der Waals surface area contributed by atoms with Gasteiger partial charge in [-0.05, 0) is 75.4 Å². The molecule has 4 N–H and O–H groups in total. The molecule has 1 aliphatic heterocycles. The van der Waals surface area contributed by atoms with Crippen molar-refractivity contribution in [1.29, 1.82) is 0 Å². The molecule has 0 fully saturated rings. The summed E-state index contributed by atoms with van der Waals surface area (Å²) in [5.41, 5.74) is 2.62. The lowest BCUT2D eigenvalue weighted by Crippen LogP contribution is -2.51. The molecule has 4 unspecified atom stereocenters. The molecule has 192 valence electrons. The van der Waals surface area contributed by atoms with E-state index < -0.39 is 36.0 Å². The number of amides is 1. The Bertz CT molecular complexity index is 1000. The van der Waals surface area contributed by atoms with Gasteiger partial charge in [0.2, 0.25) is 0 Å². The SMILES string of the molecule is CCc1ccc2c(c1)C(NCC(O)C(Cc1cc(C)cc(F)c1)NC(=O)OC(C)(C)C)C(O)CO2. The Morgan fingerprint density at radius 1 is 1.23 bits per heavy atom. The molecule has 2 aromatic carbocycles. The van der Waals surface area contributed by atoms with Gasteiger partial charge in [-0.25, -0.2) is 9.18 Å². The second kappa shape index (κ2) is 11.4. The Morgan fingerprint density at radius 2 is 1.97 bits per heavy atom. The Balaban J connectivity index is 1.77. The molecule has 7 nitrogen and oxygen atoms in total. The van der Waals surface area contributed by atoms with Crippen LogP contribution in [0.15, 0.2) is 36.4 Å². The molecule has 1 amide bonds. The average Bonchev–Trinajstić information content (AvgIpc) is 2.75. The van der Waals surface area contributed by atoms with Crippen molar-refractivity contribution in [3.8, 4) is 5.75 Å². The molecule has 0 radical (unpaired) electrons. The van der Waals surface area contributed by atoms with Gasteiger partial charge in [-0.15, -0.1) is 0 Å². The van der Waals surface area contributed by atoms with E-state index in [2.05, 4.69) is 17.6 Å². The maximum absolute atomic E-state index is 14.0. The standard InChI is InChI=1S/C27H37FN2O5/c1-6-17-7-8-24-20(12-17)25(23(32)15-34-24)29-14-22(31)21(30-26(33)35-27(3,4)5)13-18-9-16(2)10-19(28)11-18/h7-12,21-23,25,29,31-32H,6,13-15H2,1-5H3,(H,30,33). The van der Waals surface area contributed by atoms with Crippen LogP contribution < -0.4 is 15.4 Å². The van der Waals surface area contributed by atoms with Gasteiger partial charge in [-0.2, -0.15) is 0 Å². The Labute approximate surface area is 206 Å². The normalized spacial score (nSPS) is 19.3. The van der Waals surface area contributed by atoms with Crippen LogP contribution in [0.2, 0.25) is 0 Å². The largest absolute Gasteiger partial charge is 0.490 e. The Morgan fingerprint density at radius 3 is 2.63 bits per heavy atom. The van der Waals surface area contributed by atoms with E-state index in [1.807, 2.05) is 24.3 Å². The molecule has 0 aliphatic carbocycles. The number of carbonyl (C=O) groups is 1. The minimum Gasteiger partial charge on any atom is -0.490 e. The summed E-state index contributed by atoms with van der Waals surface area (Å²) >= 11 is 0. The Hall–Kier alpha value is -2.68. The summed E-state index contributed by atoms with van der Waals surface area (Å²) in [5.74, 6) is 0.315. The topological polar surface area (TPSA) is 100 Å². The van der Waals surface area contributed by atoms with Crippen LogP contribution in [0.4, 0.5) is 9.18 Å². The number of aliphatic hydroxyl groups excluding tert-OH is 2. The molecule has 1 aliphatic rings. The maximum atomic E-state index is 14.0. The number of rotatable bonds is 8. The van der Waals surface area contributed by atoms with Crippen molar-refractivity contribution in [1.82, 2.24) is 10.6 Å². The van der Waals surface area contributed by atoms with Crippen molar-refractivity contribution in [2.45, 2.75) is 77.4 Å². The first-order valence-electron chi connectivity index (χ1n) is 12.1.